The first-order valence-corrected chi connectivity index (χ1v) is 12.1. The van der Waals surface area contributed by atoms with Crippen LogP contribution in [0.4, 0.5) is 26.3 Å². The first-order valence-electron chi connectivity index (χ1n) is 7.62. The van der Waals surface area contributed by atoms with E-state index in [1.54, 1.807) is 38.1 Å². The van der Waals surface area contributed by atoms with E-state index in [1.807, 2.05) is 0 Å². The fourth-order valence-electron chi connectivity index (χ4n) is 1.94. The van der Waals surface area contributed by atoms with E-state index in [0.717, 1.165) is 11.1 Å². The molecule has 0 aliphatic rings. The van der Waals surface area contributed by atoms with Gasteiger partial charge >= 0.3 is 166 Å². The fraction of sp³-hybridized carbons (Fsp3) is 0.294. The molecule has 156 valence electrons. The Morgan fingerprint density at radius 2 is 1.18 bits per heavy atom. The number of hydrogen-bond donors (Lipinski definition) is 0. The number of rotatable bonds is 6. The Labute approximate surface area is 165 Å². The monoisotopic (exact) mass is 540 g/mol. The van der Waals surface area contributed by atoms with Crippen molar-refractivity contribution < 1.29 is 37.3 Å². The molecule has 0 N–H and O–H groups in total. The number of hydrogen-bond acceptors (Lipinski definition) is 3. The Hall–Kier alpha value is -1.34. The SMILES string of the molecule is Cc1ccc(I(OS(=O)(=O)C(F)(F)C(F)C(F)(F)F)c2ccc(C)cc2)cc1. The quantitative estimate of drug-likeness (QED) is 0.354. The van der Waals surface area contributed by atoms with Crippen LogP contribution in [0, 0.1) is 21.0 Å². The molecule has 1 atom stereocenters. The average molecular weight is 540 g/mol. The molecule has 0 fully saturated rings. The Balaban J connectivity index is 2.49. The van der Waals surface area contributed by atoms with Crippen molar-refractivity contribution in [3.05, 3.63) is 66.8 Å². The van der Waals surface area contributed by atoms with Gasteiger partial charge in [-0.3, -0.25) is 0 Å². The number of halogens is 7. The van der Waals surface area contributed by atoms with E-state index in [1.165, 1.54) is 24.3 Å². The summed E-state index contributed by atoms with van der Waals surface area (Å²) in [5.41, 5.74) is 1.58. The van der Waals surface area contributed by atoms with Crippen LogP contribution < -0.4 is 0 Å². The minimum absolute atomic E-state index is 0.250. The molecular formula is C17H15F6IO3S. The van der Waals surface area contributed by atoms with Crippen LogP contribution in [0.25, 0.3) is 0 Å². The maximum absolute atomic E-state index is 13.8. The van der Waals surface area contributed by atoms with Gasteiger partial charge in [-0.2, -0.15) is 0 Å². The molecule has 0 bridgehead atoms. The van der Waals surface area contributed by atoms with Crippen LogP contribution in [0.15, 0.2) is 48.5 Å². The van der Waals surface area contributed by atoms with Gasteiger partial charge < -0.3 is 0 Å². The summed E-state index contributed by atoms with van der Waals surface area (Å²) in [6.45, 7) is 3.47. The Kier molecular flexibility index (Phi) is 6.71. The molecule has 2 aromatic carbocycles. The zero-order valence-electron chi connectivity index (χ0n) is 14.5. The summed E-state index contributed by atoms with van der Waals surface area (Å²) in [6.07, 6.45) is -11.0. The van der Waals surface area contributed by atoms with Gasteiger partial charge in [-0.05, 0) is 0 Å². The summed E-state index contributed by atoms with van der Waals surface area (Å²) in [5.74, 6) is 0. The van der Waals surface area contributed by atoms with E-state index >= 15 is 0 Å². The topological polar surface area (TPSA) is 43.4 Å². The van der Waals surface area contributed by atoms with Crippen molar-refractivity contribution in [1.29, 1.82) is 0 Å². The third kappa shape index (κ3) is 4.98. The van der Waals surface area contributed by atoms with E-state index in [2.05, 4.69) is 2.51 Å². The third-order valence-corrected chi connectivity index (χ3v) is 10.8. The van der Waals surface area contributed by atoms with Crippen LogP contribution >= 0.6 is 20.2 Å². The second-order valence-corrected chi connectivity index (χ2v) is 12.4. The van der Waals surface area contributed by atoms with Crippen molar-refractivity contribution in [2.24, 2.45) is 0 Å². The molecule has 0 heterocycles. The summed E-state index contributed by atoms with van der Waals surface area (Å²) >= 11 is -3.64. The van der Waals surface area contributed by atoms with E-state index in [4.69, 9.17) is 0 Å². The van der Waals surface area contributed by atoms with Crippen molar-refractivity contribution in [1.82, 2.24) is 0 Å². The summed E-state index contributed by atoms with van der Waals surface area (Å²) in [7, 11) is -6.22. The van der Waals surface area contributed by atoms with Crippen molar-refractivity contribution in [2.75, 3.05) is 0 Å². The predicted molar refractivity (Wildman–Crippen MR) is 99.7 cm³/mol. The number of benzene rings is 2. The summed E-state index contributed by atoms with van der Waals surface area (Å²) in [5, 5.41) is -5.78. The molecular weight excluding hydrogens is 525 g/mol. The molecule has 3 nitrogen and oxygen atoms in total. The second-order valence-electron chi connectivity index (χ2n) is 5.82. The Morgan fingerprint density at radius 1 is 0.821 bits per heavy atom. The maximum atomic E-state index is 13.8. The molecule has 2 rings (SSSR count). The van der Waals surface area contributed by atoms with Crippen LogP contribution in [-0.4, -0.2) is 26.0 Å². The molecule has 0 spiro atoms. The molecule has 0 aromatic heterocycles. The molecule has 28 heavy (non-hydrogen) atoms. The van der Waals surface area contributed by atoms with E-state index in [-0.39, 0.29) is 7.14 Å². The normalized spacial score (nSPS) is 14.6. The molecule has 11 heteroatoms. The molecule has 0 aliphatic carbocycles. The van der Waals surface area contributed by atoms with Crippen LogP contribution in [0.3, 0.4) is 0 Å². The van der Waals surface area contributed by atoms with E-state index < -0.39 is 48.0 Å². The van der Waals surface area contributed by atoms with Crippen LogP contribution in [0.5, 0.6) is 0 Å². The van der Waals surface area contributed by atoms with Crippen LogP contribution in [0.2, 0.25) is 0 Å². The van der Waals surface area contributed by atoms with Gasteiger partial charge in [-0.15, -0.1) is 0 Å². The predicted octanol–water partition coefficient (Wildman–Crippen LogP) is 5.60. The van der Waals surface area contributed by atoms with Gasteiger partial charge in [-0.1, -0.05) is 0 Å². The first-order chi connectivity index (χ1) is 12.8. The van der Waals surface area contributed by atoms with Gasteiger partial charge in [0.15, 0.2) is 0 Å². The fourth-order valence-corrected chi connectivity index (χ4v) is 8.85. The van der Waals surface area contributed by atoms with Gasteiger partial charge in [0.25, 0.3) is 0 Å². The Bertz CT molecular complexity index is 866. The molecule has 0 aliphatic heterocycles. The number of alkyl halides is 6. The van der Waals surface area contributed by atoms with Crippen LogP contribution in [0.1, 0.15) is 11.1 Å². The molecule has 1 unspecified atom stereocenters. The van der Waals surface area contributed by atoms with Gasteiger partial charge in [0.05, 0.1) is 0 Å². The molecule has 0 saturated heterocycles. The van der Waals surface area contributed by atoms with Gasteiger partial charge in [-0.25, -0.2) is 0 Å². The van der Waals surface area contributed by atoms with Crippen LogP contribution in [-0.2, 0) is 12.6 Å². The van der Waals surface area contributed by atoms with E-state index in [9.17, 15) is 34.8 Å². The Morgan fingerprint density at radius 3 is 1.50 bits per heavy atom. The zero-order chi connectivity index (χ0) is 21.3. The molecule has 2 aromatic rings. The van der Waals surface area contributed by atoms with E-state index in [0.29, 0.717) is 0 Å². The molecule has 0 radical (unpaired) electrons. The van der Waals surface area contributed by atoms with Gasteiger partial charge in [0.1, 0.15) is 0 Å². The summed E-state index contributed by atoms with van der Waals surface area (Å²) in [4.78, 5) is 0. The third-order valence-electron chi connectivity index (χ3n) is 3.48. The summed E-state index contributed by atoms with van der Waals surface area (Å²) < 4.78 is 107. The standard InChI is InChI=1S/C17H15F6IO3S/c1-11-3-7-13(8-4-11)24(14-9-5-12(2)6-10-14)27-28(25,26)17(22,23)15(18)16(19,20)21/h3-10,15H,1-2H3. The minimum atomic E-state index is -6.22. The van der Waals surface area contributed by atoms with Crippen molar-refractivity contribution in [3.8, 4) is 0 Å². The van der Waals surface area contributed by atoms with Gasteiger partial charge in [0, 0.05) is 0 Å². The zero-order valence-corrected chi connectivity index (χ0v) is 17.4. The van der Waals surface area contributed by atoms with Crippen molar-refractivity contribution in [2.45, 2.75) is 31.5 Å². The molecule has 0 saturated carbocycles. The number of aryl methyl sites for hydroxylation is 2. The average Bonchev–Trinajstić information content (AvgIpc) is 2.60. The van der Waals surface area contributed by atoms with Crippen molar-refractivity contribution in [3.63, 3.8) is 0 Å². The second kappa shape index (κ2) is 8.19. The van der Waals surface area contributed by atoms with Crippen molar-refractivity contribution >= 4 is 30.4 Å². The van der Waals surface area contributed by atoms with Gasteiger partial charge in [0.2, 0.25) is 0 Å². The summed E-state index contributed by atoms with van der Waals surface area (Å²) in [6, 6.07) is 12.1. The first kappa shape index (κ1) is 22.9. The molecule has 0 amide bonds.